The molecular formula is C16H23NOS. The standard InChI is InChI=1S/C16H23NOS/c1-11-6-12(2)8-15(7-11)18-10-13-4-3-5-14(9-13)16(17)19/h3-5,9,11-12,15H,6-8,10H2,1-2H3,(H2,17,19). The van der Waals surface area contributed by atoms with Gasteiger partial charge in [-0.1, -0.05) is 44.3 Å². The summed E-state index contributed by atoms with van der Waals surface area (Å²) >= 11 is 5.00. The van der Waals surface area contributed by atoms with Crippen molar-refractivity contribution in [3.8, 4) is 0 Å². The molecule has 3 heteroatoms. The first kappa shape index (κ1) is 14.5. The van der Waals surface area contributed by atoms with Crippen LogP contribution in [0.3, 0.4) is 0 Å². The van der Waals surface area contributed by atoms with Gasteiger partial charge >= 0.3 is 0 Å². The van der Waals surface area contributed by atoms with Crippen LogP contribution in [0.5, 0.6) is 0 Å². The van der Waals surface area contributed by atoms with Crippen molar-refractivity contribution in [2.75, 3.05) is 0 Å². The Kier molecular flexibility index (Phi) is 4.94. The summed E-state index contributed by atoms with van der Waals surface area (Å²) in [5, 5.41) is 0. The van der Waals surface area contributed by atoms with Gasteiger partial charge in [0.05, 0.1) is 12.7 Å². The maximum atomic E-state index is 6.06. The molecule has 104 valence electrons. The fraction of sp³-hybridized carbons (Fsp3) is 0.562. The van der Waals surface area contributed by atoms with Crippen molar-refractivity contribution in [2.45, 2.75) is 45.8 Å². The molecule has 1 aliphatic carbocycles. The van der Waals surface area contributed by atoms with Crippen molar-refractivity contribution in [3.05, 3.63) is 35.4 Å². The van der Waals surface area contributed by atoms with Gasteiger partial charge in [0.15, 0.2) is 0 Å². The van der Waals surface area contributed by atoms with Gasteiger partial charge < -0.3 is 10.5 Å². The zero-order valence-electron chi connectivity index (χ0n) is 11.8. The van der Waals surface area contributed by atoms with E-state index in [1.54, 1.807) is 0 Å². The highest BCUT2D eigenvalue weighted by atomic mass is 32.1. The van der Waals surface area contributed by atoms with Crippen molar-refractivity contribution >= 4 is 17.2 Å². The van der Waals surface area contributed by atoms with Crippen molar-refractivity contribution < 1.29 is 4.74 Å². The van der Waals surface area contributed by atoms with Crippen molar-refractivity contribution in [1.29, 1.82) is 0 Å². The van der Waals surface area contributed by atoms with Crippen LogP contribution >= 0.6 is 12.2 Å². The van der Waals surface area contributed by atoms with Crippen LogP contribution in [0.2, 0.25) is 0 Å². The van der Waals surface area contributed by atoms with Gasteiger partial charge in [0.25, 0.3) is 0 Å². The molecule has 0 heterocycles. The third kappa shape index (κ3) is 4.29. The van der Waals surface area contributed by atoms with Crippen LogP contribution < -0.4 is 5.73 Å². The summed E-state index contributed by atoms with van der Waals surface area (Å²) in [6, 6.07) is 8.02. The Bertz CT molecular complexity index is 436. The largest absolute Gasteiger partial charge is 0.389 e. The predicted octanol–water partition coefficient (Wildman–Crippen LogP) is 3.66. The van der Waals surface area contributed by atoms with Gasteiger partial charge in [0.2, 0.25) is 0 Å². The van der Waals surface area contributed by atoms with Gasteiger partial charge in [-0.15, -0.1) is 0 Å². The Balaban J connectivity index is 1.91. The highest BCUT2D eigenvalue weighted by Crippen LogP contribution is 2.30. The van der Waals surface area contributed by atoms with Crippen molar-refractivity contribution in [3.63, 3.8) is 0 Å². The molecule has 2 rings (SSSR count). The first-order valence-electron chi connectivity index (χ1n) is 7.05. The third-order valence-corrected chi connectivity index (χ3v) is 4.07. The number of nitrogens with two attached hydrogens (primary N) is 1. The van der Waals surface area contributed by atoms with Crippen LogP contribution in [0, 0.1) is 11.8 Å². The zero-order valence-corrected chi connectivity index (χ0v) is 12.6. The summed E-state index contributed by atoms with van der Waals surface area (Å²) < 4.78 is 6.06. The molecule has 1 saturated carbocycles. The van der Waals surface area contributed by atoms with Crippen LogP contribution in [-0.4, -0.2) is 11.1 Å². The number of hydrogen-bond donors (Lipinski definition) is 1. The Labute approximate surface area is 121 Å². The number of hydrogen-bond acceptors (Lipinski definition) is 2. The average molecular weight is 277 g/mol. The SMILES string of the molecule is CC1CC(C)CC(OCc2cccc(C(N)=S)c2)C1. The van der Waals surface area contributed by atoms with Crippen molar-refractivity contribution in [1.82, 2.24) is 0 Å². The molecule has 2 N–H and O–H groups in total. The second-order valence-electron chi connectivity index (χ2n) is 5.92. The molecule has 0 radical (unpaired) electrons. The second kappa shape index (κ2) is 6.49. The third-order valence-electron chi connectivity index (χ3n) is 3.83. The van der Waals surface area contributed by atoms with Gasteiger partial charge in [-0.25, -0.2) is 0 Å². The lowest BCUT2D eigenvalue weighted by Crippen LogP contribution is -2.26. The predicted molar refractivity (Wildman–Crippen MR) is 83.1 cm³/mol. The van der Waals surface area contributed by atoms with E-state index in [0.717, 1.165) is 23.0 Å². The molecule has 1 fully saturated rings. The molecule has 2 unspecified atom stereocenters. The quantitative estimate of drug-likeness (QED) is 0.853. The Hall–Kier alpha value is -0.930. The summed E-state index contributed by atoms with van der Waals surface area (Å²) in [7, 11) is 0. The van der Waals surface area contributed by atoms with Crippen LogP contribution in [0.1, 0.15) is 44.2 Å². The molecule has 2 nitrogen and oxygen atoms in total. The average Bonchev–Trinajstić information content (AvgIpc) is 2.35. The molecule has 19 heavy (non-hydrogen) atoms. The number of rotatable bonds is 4. The minimum atomic E-state index is 0.396. The van der Waals surface area contributed by atoms with E-state index in [1.807, 2.05) is 18.2 Å². The molecule has 0 amide bonds. The normalized spacial score (nSPS) is 27.2. The molecule has 1 aromatic rings. The highest BCUT2D eigenvalue weighted by Gasteiger charge is 2.24. The molecule has 2 atom stereocenters. The lowest BCUT2D eigenvalue weighted by molar-refractivity contribution is -0.00915. The summed E-state index contributed by atoms with van der Waals surface area (Å²) in [6.45, 7) is 5.29. The summed E-state index contributed by atoms with van der Waals surface area (Å²) in [6.07, 6.45) is 4.09. The van der Waals surface area contributed by atoms with Crippen LogP contribution in [0.25, 0.3) is 0 Å². The van der Waals surface area contributed by atoms with Gasteiger partial charge in [-0.05, 0) is 42.7 Å². The van der Waals surface area contributed by atoms with Crippen LogP contribution in [0.15, 0.2) is 24.3 Å². The molecule has 0 aliphatic heterocycles. The number of benzene rings is 1. The van der Waals surface area contributed by atoms with E-state index in [1.165, 1.54) is 19.3 Å². The van der Waals surface area contributed by atoms with E-state index in [2.05, 4.69) is 19.9 Å². The lowest BCUT2D eigenvalue weighted by Gasteiger charge is -2.31. The van der Waals surface area contributed by atoms with E-state index in [0.29, 0.717) is 17.7 Å². The maximum absolute atomic E-state index is 6.06. The number of thiocarbonyl (C=S) groups is 1. The number of ether oxygens (including phenoxy) is 1. The van der Waals surface area contributed by atoms with E-state index in [9.17, 15) is 0 Å². The van der Waals surface area contributed by atoms with Gasteiger partial charge in [-0.2, -0.15) is 0 Å². The Morgan fingerprint density at radius 1 is 1.26 bits per heavy atom. The first-order chi connectivity index (χ1) is 9.04. The second-order valence-corrected chi connectivity index (χ2v) is 6.35. The maximum Gasteiger partial charge on any atom is 0.103 e. The first-order valence-corrected chi connectivity index (χ1v) is 7.45. The molecular weight excluding hydrogens is 254 g/mol. The van der Waals surface area contributed by atoms with Crippen molar-refractivity contribution in [2.24, 2.45) is 17.6 Å². The summed E-state index contributed by atoms with van der Waals surface area (Å²) in [5.74, 6) is 1.55. The van der Waals surface area contributed by atoms with Gasteiger partial charge in [0, 0.05) is 5.56 Å². The monoisotopic (exact) mass is 277 g/mol. The molecule has 1 aliphatic rings. The zero-order chi connectivity index (χ0) is 13.8. The van der Waals surface area contributed by atoms with Crippen LogP contribution in [-0.2, 0) is 11.3 Å². The Morgan fingerprint density at radius 3 is 2.58 bits per heavy atom. The smallest absolute Gasteiger partial charge is 0.103 e. The molecule has 0 spiro atoms. The topological polar surface area (TPSA) is 35.2 Å². The molecule has 1 aromatic carbocycles. The minimum absolute atomic E-state index is 0.396. The fourth-order valence-corrected chi connectivity index (χ4v) is 3.16. The van der Waals surface area contributed by atoms with Gasteiger partial charge in [0.1, 0.15) is 4.99 Å². The highest BCUT2D eigenvalue weighted by molar-refractivity contribution is 7.80. The van der Waals surface area contributed by atoms with E-state index < -0.39 is 0 Å². The lowest BCUT2D eigenvalue weighted by atomic mass is 9.82. The minimum Gasteiger partial charge on any atom is -0.389 e. The summed E-state index contributed by atoms with van der Waals surface area (Å²) in [4.78, 5) is 0.446. The Morgan fingerprint density at radius 2 is 1.95 bits per heavy atom. The van der Waals surface area contributed by atoms with Gasteiger partial charge in [-0.3, -0.25) is 0 Å². The van der Waals surface area contributed by atoms with E-state index >= 15 is 0 Å². The molecule has 0 bridgehead atoms. The van der Waals surface area contributed by atoms with Crippen LogP contribution in [0.4, 0.5) is 0 Å². The summed E-state index contributed by atoms with van der Waals surface area (Å²) in [5.41, 5.74) is 7.72. The molecule has 0 saturated heterocycles. The fourth-order valence-electron chi connectivity index (χ4n) is 3.04. The van der Waals surface area contributed by atoms with E-state index in [4.69, 9.17) is 22.7 Å². The van der Waals surface area contributed by atoms with E-state index in [-0.39, 0.29) is 0 Å². The molecule has 0 aromatic heterocycles.